The first-order chi connectivity index (χ1) is 12.7. The van der Waals surface area contributed by atoms with Gasteiger partial charge in [0.15, 0.2) is 0 Å². The van der Waals surface area contributed by atoms with Gasteiger partial charge in [0.25, 0.3) is 0 Å². The molecular formula is C20H21ClN4O. The second-order valence-electron chi connectivity index (χ2n) is 5.63. The number of halogens is 1. The van der Waals surface area contributed by atoms with Crippen LogP contribution in [0.25, 0.3) is 0 Å². The fourth-order valence-corrected chi connectivity index (χ4v) is 2.73. The van der Waals surface area contributed by atoms with E-state index in [4.69, 9.17) is 16.3 Å². The van der Waals surface area contributed by atoms with Gasteiger partial charge in [0.05, 0.1) is 12.3 Å². The van der Waals surface area contributed by atoms with E-state index < -0.39 is 0 Å². The number of anilines is 3. The van der Waals surface area contributed by atoms with Crippen LogP contribution in [0.5, 0.6) is 5.75 Å². The van der Waals surface area contributed by atoms with Crippen LogP contribution < -0.4 is 15.4 Å². The highest BCUT2D eigenvalue weighted by atomic mass is 35.5. The third-order valence-electron chi connectivity index (χ3n) is 3.70. The summed E-state index contributed by atoms with van der Waals surface area (Å²) in [6, 6.07) is 17.4. The number of nitrogens with one attached hydrogen (secondary N) is 2. The Kier molecular flexibility index (Phi) is 6.28. The summed E-state index contributed by atoms with van der Waals surface area (Å²) in [6.07, 6.45) is 2.58. The summed E-state index contributed by atoms with van der Waals surface area (Å²) in [4.78, 5) is 8.78. The predicted octanol–water partition coefficient (Wildman–Crippen LogP) is 4.93. The SMILES string of the molecule is CCOc1ccccc1Nc1nccc(NCCc2cccc(Cl)c2)n1. The van der Waals surface area contributed by atoms with E-state index in [1.54, 1.807) is 6.20 Å². The summed E-state index contributed by atoms with van der Waals surface area (Å²) in [5.74, 6) is 2.06. The van der Waals surface area contributed by atoms with Crippen molar-refractivity contribution in [3.63, 3.8) is 0 Å². The van der Waals surface area contributed by atoms with E-state index in [1.807, 2.05) is 55.5 Å². The molecular weight excluding hydrogens is 348 g/mol. The molecule has 0 atom stereocenters. The minimum atomic E-state index is 0.518. The molecule has 0 aliphatic carbocycles. The van der Waals surface area contributed by atoms with Crippen LogP contribution in [0.2, 0.25) is 5.02 Å². The van der Waals surface area contributed by atoms with Crippen molar-refractivity contribution in [1.82, 2.24) is 9.97 Å². The van der Waals surface area contributed by atoms with Crippen LogP contribution in [0.15, 0.2) is 60.8 Å². The molecule has 0 aliphatic rings. The van der Waals surface area contributed by atoms with Gasteiger partial charge in [-0.2, -0.15) is 4.98 Å². The number of hydrogen-bond donors (Lipinski definition) is 2. The van der Waals surface area contributed by atoms with Crippen molar-refractivity contribution in [2.45, 2.75) is 13.3 Å². The van der Waals surface area contributed by atoms with Gasteiger partial charge in [-0.1, -0.05) is 35.9 Å². The van der Waals surface area contributed by atoms with Gasteiger partial charge in [-0.3, -0.25) is 0 Å². The Bertz CT molecular complexity index is 856. The maximum Gasteiger partial charge on any atom is 0.229 e. The zero-order valence-electron chi connectivity index (χ0n) is 14.6. The lowest BCUT2D eigenvalue weighted by Gasteiger charge is -2.12. The van der Waals surface area contributed by atoms with Crippen molar-refractivity contribution in [3.8, 4) is 5.75 Å². The van der Waals surface area contributed by atoms with Crippen LogP contribution in [0.4, 0.5) is 17.5 Å². The van der Waals surface area contributed by atoms with Gasteiger partial charge >= 0.3 is 0 Å². The van der Waals surface area contributed by atoms with Gasteiger partial charge in [0.1, 0.15) is 11.6 Å². The molecule has 134 valence electrons. The molecule has 0 bridgehead atoms. The fourth-order valence-electron chi connectivity index (χ4n) is 2.52. The van der Waals surface area contributed by atoms with Crippen molar-refractivity contribution in [3.05, 3.63) is 71.4 Å². The first-order valence-electron chi connectivity index (χ1n) is 8.55. The lowest BCUT2D eigenvalue weighted by molar-refractivity contribution is 0.342. The van der Waals surface area contributed by atoms with E-state index >= 15 is 0 Å². The smallest absolute Gasteiger partial charge is 0.229 e. The molecule has 0 radical (unpaired) electrons. The van der Waals surface area contributed by atoms with Crippen molar-refractivity contribution in [1.29, 1.82) is 0 Å². The van der Waals surface area contributed by atoms with Crippen molar-refractivity contribution >= 4 is 29.1 Å². The van der Waals surface area contributed by atoms with E-state index in [0.717, 1.165) is 35.2 Å². The molecule has 6 heteroatoms. The number of rotatable bonds is 8. The first-order valence-corrected chi connectivity index (χ1v) is 8.92. The largest absolute Gasteiger partial charge is 0.492 e. The van der Waals surface area contributed by atoms with Crippen LogP contribution in [-0.4, -0.2) is 23.1 Å². The van der Waals surface area contributed by atoms with E-state index in [9.17, 15) is 0 Å². The van der Waals surface area contributed by atoms with Crippen molar-refractivity contribution in [2.24, 2.45) is 0 Å². The molecule has 5 nitrogen and oxygen atoms in total. The quantitative estimate of drug-likeness (QED) is 0.590. The van der Waals surface area contributed by atoms with Gasteiger partial charge < -0.3 is 15.4 Å². The molecule has 0 saturated carbocycles. The predicted molar refractivity (Wildman–Crippen MR) is 107 cm³/mol. The summed E-state index contributed by atoms with van der Waals surface area (Å²) < 4.78 is 5.62. The number of aromatic nitrogens is 2. The fraction of sp³-hybridized carbons (Fsp3) is 0.200. The lowest BCUT2D eigenvalue weighted by atomic mass is 10.1. The van der Waals surface area contributed by atoms with Crippen molar-refractivity contribution < 1.29 is 4.74 Å². The Hall–Kier alpha value is -2.79. The molecule has 26 heavy (non-hydrogen) atoms. The average Bonchev–Trinajstić information content (AvgIpc) is 2.64. The Morgan fingerprint density at radius 1 is 1.08 bits per heavy atom. The average molecular weight is 369 g/mol. The van der Waals surface area contributed by atoms with E-state index in [0.29, 0.717) is 12.6 Å². The molecule has 0 unspecified atom stereocenters. The summed E-state index contributed by atoms with van der Waals surface area (Å²) in [5.41, 5.74) is 2.02. The number of benzene rings is 2. The van der Waals surface area contributed by atoms with Gasteiger partial charge in [-0.25, -0.2) is 4.98 Å². The maximum absolute atomic E-state index is 6.01. The molecule has 0 spiro atoms. The van der Waals surface area contributed by atoms with Gasteiger partial charge in [0, 0.05) is 17.8 Å². The molecule has 2 N–H and O–H groups in total. The summed E-state index contributed by atoms with van der Waals surface area (Å²) in [6.45, 7) is 3.31. The van der Waals surface area contributed by atoms with Crippen LogP contribution in [0.1, 0.15) is 12.5 Å². The highest BCUT2D eigenvalue weighted by Gasteiger charge is 2.05. The van der Waals surface area contributed by atoms with Crippen LogP contribution in [0, 0.1) is 0 Å². The van der Waals surface area contributed by atoms with Crippen LogP contribution in [-0.2, 0) is 6.42 Å². The van der Waals surface area contributed by atoms with E-state index in [1.165, 1.54) is 5.56 Å². The molecule has 3 rings (SSSR count). The molecule has 0 saturated heterocycles. The van der Waals surface area contributed by atoms with Gasteiger partial charge in [-0.15, -0.1) is 0 Å². The lowest BCUT2D eigenvalue weighted by Crippen LogP contribution is -2.08. The van der Waals surface area contributed by atoms with Crippen molar-refractivity contribution in [2.75, 3.05) is 23.8 Å². The first kappa shape index (κ1) is 18.0. The molecule has 1 heterocycles. The summed E-state index contributed by atoms with van der Waals surface area (Å²) >= 11 is 6.01. The van der Waals surface area contributed by atoms with E-state index in [2.05, 4.69) is 26.7 Å². The zero-order chi connectivity index (χ0) is 18.2. The zero-order valence-corrected chi connectivity index (χ0v) is 15.3. The molecule has 2 aromatic carbocycles. The number of hydrogen-bond acceptors (Lipinski definition) is 5. The van der Waals surface area contributed by atoms with E-state index in [-0.39, 0.29) is 0 Å². The number of ether oxygens (including phenoxy) is 1. The van der Waals surface area contributed by atoms with Gasteiger partial charge in [0.2, 0.25) is 5.95 Å². The highest BCUT2D eigenvalue weighted by Crippen LogP contribution is 2.26. The minimum absolute atomic E-state index is 0.518. The monoisotopic (exact) mass is 368 g/mol. The third kappa shape index (κ3) is 5.10. The molecule has 3 aromatic rings. The Labute approximate surface area is 158 Å². The Balaban J connectivity index is 1.61. The maximum atomic E-state index is 6.01. The molecule has 0 aliphatic heterocycles. The second kappa shape index (κ2) is 9.06. The molecule has 0 amide bonds. The summed E-state index contributed by atoms with van der Waals surface area (Å²) in [7, 11) is 0. The summed E-state index contributed by atoms with van der Waals surface area (Å²) in [5, 5.41) is 7.28. The highest BCUT2D eigenvalue weighted by molar-refractivity contribution is 6.30. The van der Waals surface area contributed by atoms with Gasteiger partial charge in [-0.05, 0) is 49.2 Å². The number of para-hydroxylation sites is 2. The topological polar surface area (TPSA) is 59.1 Å². The Morgan fingerprint density at radius 2 is 1.96 bits per heavy atom. The molecule has 0 fully saturated rings. The second-order valence-corrected chi connectivity index (χ2v) is 6.06. The third-order valence-corrected chi connectivity index (χ3v) is 3.93. The number of nitrogens with zero attached hydrogens (tertiary/aromatic N) is 2. The minimum Gasteiger partial charge on any atom is -0.492 e. The van der Waals surface area contributed by atoms with Crippen LogP contribution >= 0.6 is 11.6 Å². The molecule has 1 aromatic heterocycles. The standard InChI is InChI=1S/C20H21ClN4O/c1-2-26-18-9-4-3-8-17(18)24-20-23-13-11-19(25-20)22-12-10-15-6-5-7-16(21)14-15/h3-9,11,13-14H,2,10,12H2,1H3,(H2,22,23,24,25). The normalized spacial score (nSPS) is 10.4. The Morgan fingerprint density at radius 3 is 2.81 bits per heavy atom. The van der Waals surface area contributed by atoms with Crippen LogP contribution in [0.3, 0.4) is 0 Å².